The number of likely N-dealkylation sites (tertiary alicyclic amines) is 1. The molecule has 0 aromatic heterocycles. The van der Waals surface area contributed by atoms with Gasteiger partial charge in [-0.1, -0.05) is 25.0 Å². The van der Waals surface area contributed by atoms with Crippen LogP contribution in [-0.4, -0.2) is 34.6 Å². The van der Waals surface area contributed by atoms with Crippen LogP contribution in [0.5, 0.6) is 0 Å². The summed E-state index contributed by atoms with van der Waals surface area (Å²) in [6, 6.07) is 4.69. The Labute approximate surface area is 122 Å². The zero-order chi connectivity index (χ0) is 15.2. The molecule has 0 bridgehead atoms. The van der Waals surface area contributed by atoms with E-state index in [1.807, 2.05) is 0 Å². The van der Waals surface area contributed by atoms with Crippen LogP contribution in [0.2, 0.25) is 0 Å². The lowest BCUT2D eigenvalue weighted by Crippen LogP contribution is -2.49. The summed E-state index contributed by atoms with van der Waals surface area (Å²) in [6.45, 7) is 0.703. The Morgan fingerprint density at radius 2 is 1.95 bits per heavy atom. The smallest absolute Gasteiger partial charge is 0.326 e. The predicted molar refractivity (Wildman–Crippen MR) is 75.2 cm³/mol. The van der Waals surface area contributed by atoms with Gasteiger partial charge in [0.1, 0.15) is 11.9 Å². The second-order valence-corrected chi connectivity index (χ2v) is 5.18. The van der Waals surface area contributed by atoms with E-state index in [-0.39, 0.29) is 18.4 Å². The molecule has 1 unspecified atom stereocenters. The number of benzene rings is 1. The van der Waals surface area contributed by atoms with Crippen molar-refractivity contribution in [1.82, 2.24) is 10.2 Å². The standard InChI is InChI=1S/C15H19FN2O3/c16-12-7-5-11(6-8-12)10-17-15(21)18-9-3-1-2-4-13(18)14(19)20/h5-8,13H,1-4,9-10H2,(H,17,21)(H,19,20). The minimum Gasteiger partial charge on any atom is -0.480 e. The lowest BCUT2D eigenvalue weighted by molar-refractivity contribution is -0.142. The van der Waals surface area contributed by atoms with Crippen molar-refractivity contribution in [3.8, 4) is 0 Å². The summed E-state index contributed by atoms with van der Waals surface area (Å²) in [6.07, 6.45) is 3.05. The van der Waals surface area contributed by atoms with Crippen LogP contribution in [0, 0.1) is 5.82 Å². The molecule has 1 atom stereocenters. The van der Waals surface area contributed by atoms with Gasteiger partial charge in [0.15, 0.2) is 0 Å². The first-order valence-corrected chi connectivity index (χ1v) is 7.09. The maximum absolute atomic E-state index is 12.8. The zero-order valence-electron chi connectivity index (χ0n) is 11.7. The molecule has 1 aromatic carbocycles. The Kier molecular flexibility index (Phi) is 5.14. The average Bonchev–Trinajstić information content (AvgIpc) is 2.72. The van der Waals surface area contributed by atoms with Crippen molar-refractivity contribution < 1.29 is 19.1 Å². The van der Waals surface area contributed by atoms with Gasteiger partial charge in [-0.3, -0.25) is 0 Å². The molecule has 6 heteroatoms. The Balaban J connectivity index is 1.96. The van der Waals surface area contributed by atoms with E-state index in [2.05, 4.69) is 5.32 Å². The van der Waals surface area contributed by atoms with Crippen molar-refractivity contribution in [2.75, 3.05) is 6.54 Å². The molecule has 1 saturated heterocycles. The van der Waals surface area contributed by atoms with Gasteiger partial charge in [-0.2, -0.15) is 0 Å². The van der Waals surface area contributed by atoms with Crippen molar-refractivity contribution in [3.05, 3.63) is 35.6 Å². The number of nitrogens with one attached hydrogen (secondary N) is 1. The molecule has 21 heavy (non-hydrogen) atoms. The number of halogens is 1. The normalized spacial score (nSPS) is 18.9. The monoisotopic (exact) mass is 294 g/mol. The highest BCUT2D eigenvalue weighted by atomic mass is 19.1. The third-order valence-electron chi connectivity index (χ3n) is 3.66. The minimum atomic E-state index is -0.964. The van der Waals surface area contributed by atoms with Crippen LogP contribution in [-0.2, 0) is 11.3 Å². The van der Waals surface area contributed by atoms with E-state index in [4.69, 9.17) is 0 Å². The van der Waals surface area contributed by atoms with Crippen molar-refractivity contribution >= 4 is 12.0 Å². The fraction of sp³-hybridized carbons (Fsp3) is 0.467. The van der Waals surface area contributed by atoms with Gasteiger partial charge in [-0.15, -0.1) is 0 Å². The summed E-state index contributed by atoms with van der Waals surface area (Å²) in [7, 11) is 0. The minimum absolute atomic E-state index is 0.252. The lowest BCUT2D eigenvalue weighted by Gasteiger charge is -2.27. The Bertz CT molecular complexity index is 504. The van der Waals surface area contributed by atoms with Crippen LogP contribution in [0.3, 0.4) is 0 Å². The Morgan fingerprint density at radius 1 is 1.24 bits per heavy atom. The molecule has 0 aliphatic carbocycles. The van der Waals surface area contributed by atoms with Gasteiger partial charge in [-0.05, 0) is 30.5 Å². The highest BCUT2D eigenvalue weighted by molar-refractivity contribution is 5.82. The van der Waals surface area contributed by atoms with Gasteiger partial charge in [0.2, 0.25) is 0 Å². The predicted octanol–water partition coefficient (Wildman–Crippen LogP) is 2.36. The first-order chi connectivity index (χ1) is 10.1. The summed E-state index contributed by atoms with van der Waals surface area (Å²) < 4.78 is 12.8. The van der Waals surface area contributed by atoms with Crippen LogP contribution in [0.4, 0.5) is 9.18 Å². The summed E-state index contributed by atoms with van der Waals surface area (Å²) >= 11 is 0. The molecule has 2 rings (SSSR count). The third-order valence-corrected chi connectivity index (χ3v) is 3.66. The molecule has 114 valence electrons. The van der Waals surface area contributed by atoms with Crippen molar-refractivity contribution in [1.29, 1.82) is 0 Å². The third kappa shape index (κ3) is 4.18. The summed E-state index contributed by atoms with van der Waals surface area (Å²) in [5, 5.41) is 11.9. The summed E-state index contributed by atoms with van der Waals surface area (Å²) in [5.74, 6) is -1.29. The topological polar surface area (TPSA) is 69.6 Å². The number of amides is 2. The molecule has 2 amide bonds. The lowest BCUT2D eigenvalue weighted by atomic mass is 10.1. The van der Waals surface area contributed by atoms with Crippen molar-refractivity contribution in [2.45, 2.75) is 38.3 Å². The number of carboxylic acids is 1. The number of hydrogen-bond donors (Lipinski definition) is 2. The number of rotatable bonds is 3. The molecular weight excluding hydrogens is 275 g/mol. The summed E-state index contributed by atoms with van der Waals surface area (Å²) in [4.78, 5) is 24.8. The first kappa shape index (κ1) is 15.3. The number of aliphatic carboxylic acids is 1. The van der Waals surface area contributed by atoms with E-state index >= 15 is 0 Å². The molecule has 1 aromatic rings. The quantitative estimate of drug-likeness (QED) is 0.899. The van der Waals surface area contributed by atoms with Crippen LogP contribution in [0.15, 0.2) is 24.3 Å². The molecule has 5 nitrogen and oxygen atoms in total. The first-order valence-electron chi connectivity index (χ1n) is 7.09. The van der Waals surface area contributed by atoms with E-state index in [1.54, 1.807) is 12.1 Å². The molecule has 2 N–H and O–H groups in total. The van der Waals surface area contributed by atoms with Crippen LogP contribution >= 0.6 is 0 Å². The van der Waals surface area contributed by atoms with E-state index in [0.717, 1.165) is 24.8 Å². The van der Waals surface area contributed by atoms with E-state index in [9.17, 15) is 19.1 Å². The molecule has 0 spiro atoms. The number of carbonyl (C=O) groups is 2. The molecule has 1 fully saturated rings. The second-order valence-electron chi connectivity index (χ2n) is 5.18. The second kappa shape index (κ2) is 7.06. The highest BCUT2D eigenvalue weighted by Crippen LogP contribution is 2.17. The van der Waals surface area contributed by atoms with E-state index < -0.39 is 12.0 Å². The van der Waals surface area contributed by atoms with Gasteiger partial charge in [0.25, 0.3) is 0 Å². The Morgan fingerprint density at radius 3 is 2.62 bits per heavy atom. The van der Waals surface area contributed by atoms with Crippen LogP contribution in [0.25, 0.3) is 0 Å². The average molecular weight is 294 g/mol. The molecular formula is C15H19FN2O3. The van der Waals surface area contributed by atoms with E-state index in [0.29, 0.717) is 13.0 Å². The maximum Gasteiger partial charge on any atom is 0.326 e. The van der Waals surface area contributed by atoms with Crippen LogP contribution in [0.1, 0.15) is 31.2 Å². The number of nitrogens with zero attached hydrogens (tertiary/aromatic N) is 1. The maximum atomic E-state index is 12.8. The number of carboxylic acid groups (broad SMARTS) is 1. The van der Waals surface area contributed by atoms with E-state index in [1.165, 1.54) is 17.0 Å². The number of urea groups is 1. The zero-order valence-corrected chi connectivity index (χ0v) is 11.7. The molecule has 0 radical (unpaired) electrons. The summed E-state index contributed by atoms with van der Waals surface area (Å²) in [5.41, 5.74) is 0.770. The fourth-order valence-corrected chi connectivity index (χ4v) is 2.49. The van der Waals surface area contributed by atoms with Gasteiger partial charge < -0.3 is 15.3 Å². The highest BCUT2D eigenvalue weighted by Gasteiger charge is 2.30. The largest absolute Gasteiger partial charge is 0.480 e. The van der Waals surface area contributed by atoms with Crippen molar-refractivity contribution in [2.24, 2.45) is 0 Å². The molecule has 1 aliphatic rings. The van der Waals surface area contributed by atoms with Gasteiger partial charge >= 0.3 is 12.0 Å². The van der Waals surface area contributed by atoms with Gasteiger partial charge in [-0.25, -0.2) is 14.0 Å². The van der Waals surface area contributed by atoms with Crippen molar-refractivity contribution in [3.63, 3.8) is 0 Å². The molecule has 0 saturated carbocycles. The molecule has 1 aliphatic heterocycles. The van der Waals surface area contributed by atoms with Gasteiger partial charge in [0, 0.05) is 13.1 Å². The molecule has 1 heterocycles. The number of carbonyl (C=O) groups excluding carboxylic acids is 1. The SMILES string of the molecule is O=C(O)C1CCCCCN1C(=O)NCc1ccc(F)cc1. The Hall–Kier alpha value is -2.11. The van der Waals surface area contributed by atoms with Gasteiger partial charge in [0.05, 0.1) is 0 Å². The van der Waals surface area contributed by atoms with Crippen LogP contribution < -0.4 is 5.32 Å². The number of hydrogen-bond acceptors (Lipinski definition) is 2. The fourth-order valence-electron chi connectivity index (χ4n) is 2.49.